The quantitative estimate of drug-likeness (QED) is 0.383. The zero-order valence-electron chi connectivity index (χ0n) is 16.2. The van der Waals surface area contributed by atoms with E-state index in [1.165, 1.54) is 19.1 Å². The number of carboxylic acids is 1. The van der Waals surface area contributed by atoms with E-state index >= 15 is 0 Å². The molecule has 0 radical (unpaired) electrons. The summed E-state index contributed by atoms with van der Waals surface area (Å²) in [4.78, 5) is 47.0. The van der Waals surface area contributed by atoms with Crippen molar-refractivity contribution < 1.29 is 29.4 Å². The number of rotatable bonds is 10. The molecule has 0 saturated heterocycles. The number of phenolic OH excluding ortho intramolecular Hbond substituents is 1. The maximum Gasteiger partial charge on any atom is 0.326 e. The van der Waals surface area contributed by atoms with Crippen molar-refractivity contribution in [2.24, 2.45) is 5.92 Å². The average Bonchev–Trinajstić information content (AvgIpc) is 2.60. The molecular weight excluding hydrogens is 366 g/mol. The fraction of sp³-hybridized carbons (Fsp3) is 0.474. The molecule has 28 heavy (non-hydrogen) atoms. The van der Waals surface area contributed by atoms with E-state index in [4.69, 9.17) is 0 Å². The highest BCUT2D eigenvalue weighted by Gasteiger charge is 2.27. The fourth-order valence-electron chi connectivity index (χ4n) is 2.49. The maximum atomic E-state index is 12.6. The standard InChI is InChI=1S/C19H27N3O6/c1-11(2)8-15(21-17(25)10-20-12(3)23)18(26)22-16(19(27)28)9-13-4-6-14(24)7-5-13/h4-7,11,15-16,24H,8-10H2,1-3H3,(H,20,23)(H,21,25)(H,22,26)(H,27,28)/t15-,16-/m0/s1. The lowest BCUT2D eigenvalue weighted by Gasteiger charge is -2.23. The zero-order valence-corrected chi connectivity index (χ0v) is 16.2. The second-order valence-electron chi connectivity index (χ2n) is 6.93. The van der Waals surface area contributed by atoms with Crippen molar-refractivity contribution in [3.8, 4) is 5.75 Å². The predicted octanol–water partition coefficient (Wildman–Crippen LogP) is 0.171. The normalized spacial score (nSPS) is 12.7. The van der Waals surface area contributed by atoms with Gasteiger partial charge in [0, 0.05) is 13.3 Å². The number of carbonyl (C=O) groups is 4. The van der Waals surface area contributed by atoms with Crippen LogP contribution in [0.3, 0.4) is 0 Å². The van der Waals surface area contributed by atoms with Crippen LogP contribution >= 0.6 is 0 Å². The van der Waals surface area contributed by atoms with E-state index in [-0.39, 0.29) is 30.5 Å². The Morgan fingerprint density at radius 1 is 1.00 bits per heavy atom. The van der Waals surface area contributed by atoms with Gasteiger partial charge >= 0.3 is 5.97 Å². The first kappa shape index (κ1) is 22.9. The van der Waals surface area contributed by atoms with E-state index < -0.39 is 29.9 Å². The Labute approximate surface area is 163 Å². The lowest BCUT2D eigenvalue weighted by molar-refractivity contribution is -0.142. The van der Waals surface area contributed by atoms with Crippen LogP contribution in [0.4, 0.5) is 0 Å². The monoisotopic (exact) mass is 393 g/mol. The van der Waals surface area contributed by atoms with Gasteiger partial charge in [0.15, 0.2) is 0 Å². The topological polar surface area (TPSA) is 145 Å². The molecule has 9 nitrogen and oxygen atoms in total. The molecule has 3 amide bonds. The predicted molar refractivity (Wildman–Crippen MR) is 101 cm³/mol. The molecule has 9 heteroatoms. The summed E-state index contributed by atoms with van der Waals surface area (Å²) in [6.07, 6.45) is 0.332. The third kappa shape index (κ3) is 8.52. The number of nitrogens with one attached hydrogen (secondary N) is 3. The van der Waals surface area contributed by atoms with Gasteiger partial charge < -0.3 is 26.2 Å². The van der Waals surface area contributed by atoms with Gasteiger partial charge in [-0.25, -0.2) is 4.79 Å². The van der Waals surface area contributed by atoms with Crippen molar-refractivity contribution in [2.45, 2.75) is 45.7 Å². The van der Waals surface area contributed by atoms with Crippen molar-refractivity contribution in [2.75, 3.05) is 6.54 Å². The van der Waals surface area contributed by atoms with Gasteiger partial charge in [0.05, 0.1) is 6.54 Å². The summed E-state index contributed by atoms with van der Waals surface area (Å²) >= 11 is 0. The molecule has 154 valence electrons. The van der Waals surface area contributed by atoms with Crippen LogP contribution in [0.25, 0.3) is 0 Å². The molecule has 0 aliphatic heterocycles. The average molecular weight is 393 g/mol. The summed E-state index contributed by atoms with van der Waals surface area (Å²) in [5.41, 5.74) is 0.626. The Balaban J connectivity index is 2.80. The van der Waals surface area contributed by atoms with E-state index in [1.807, 2.05) is 13.8 Å². The molecule has 0 bridgehead atoms. The van der Waals surface area contributed by atoms with Crippen LogP contribution in [-0.4, -0.2) is 52.5 Å². The summed E-state index contributed by atoms with van der Waals surface area (Å²) in [6.45, 7) is 4.73. The fourth-order valence-corrected chi connectivity index (χ4v) is 2.49. The highest BCUT2D eigenvalue weighted by molar-refractivity contribution is 5.91. The van der Waals surface area contributed by atoms with E-state index in [0.717, 1.165) is 0 Å². The lowest BCUT2D eigenvalue weighted by atomic mass is 10.0. The van der Waals surface area contributed by atoms with Gasteiger partial charge in [-0.15, -0.1) is 0 Å². The van der Waals surface area contributed by atoms with Crippen molar-refractivity contribution in [3.05, 3.63) is 29.8 Å². The molecule has 0 aliphatic rings. The maximum absolute atomic E-state index is 12.6. The first-order valence-corrected chi connectivity index (χ1v) is 8.93. The zero-order chi connectivity index (χ0) is 21.3. The summed E-state index contributed by atoms with van der Waals surface area (Å²) in [5.74, 6) is -2.62. The number of amides is 3. The number of hydrogen-bond donors (Lipinski definition) is 5. The van der Waals surface area contributed by atoms with Crippen LogP contribution < -0.4 is 16.0 Å². The first-order chi connectivity index (χ1) is 13.1. The van der Waals surface area contributed by atoms with Gasteiger partial charge in [0.1, 0.15) is 17.8 Å². The van der Waals surface area contributed by atoms with E-state index in [2.05, 4.69) is 16.0 Å². The van der Waals surface area contributed by atoms with Crippen molar-refractivity contribution in [1.29, 1.82) is 0 Å². The Morgan fingerprint density at radius 3 is 2.11 bits per heavy atom. The third-order valence-corrected chi connectivity index (χ3v) is 3.85. The minimum Gasteiger partial charge on any atom is -0.508 e. The van der Waals surface area contributed by atoms with Gasteiger partial charge in [-0.2, -0.15) is 0 Å². The molecule has 0 heterocycles. The van der Waals surface area contributed by atoms with Crippen LogP contribution in [0.1, 0.15) is 32.8 Å². The number of benzene rings is 1. The molecule has 0 spiro atoms. The summed E-state index contributed by atoms with van der Waals surface area (Å²) in [6, 6.07) is 3.87. The van der Waals surface area contributed by atoms with Crippen LogP contribution in [-0.2, 0) is 25.6 Å². The Bertz CT molecular complexity index is 702. The molecule has 0 aromatic heterocycles. The Morgan fingerprint density at radius 2 is 1.61 bits per heavy atom. The van der Waals surface area contributed by atoms with E-state index in [0.29, 0.717) is 12.0 Å². The number of carbonyl (C=O) groups excluding carboxylic acids is 3. The highest BCUT2D eigenvalue weighted by atomic mass is 16.4. The van der Waals surface area contributed by atoms with Crippen LogP contribution in [0.15, 0.2) is 24.3 Å². The summed E-state index contributed by atoms with van der Waals surface area (Å²) < 4.78 is 0. The molecule has 0 unspecified atom stereocenters. The molecule has 0 fully saturated rings. The van der Waals surface area contributed by atoms with Crippen LogP contribution in [0, 0.1) is 5.92 Å². The Hall–Kier alpha value is -3.10. The smallest absolute Gasteiger partial charge is 0.326 e. The number of carboxylic acid groups (broad SMARTS) is 1. The second kappa shape index (κ2) is 10.9. The molecule has 2 atom stereocenters. The SMILES string of the molecule is CC(=O)NCC(=O)N[C@@H](CC(C)C)C(=O)N[C@@H](Cc1ccc(O)cc1)C(=O)O. The molecule has 0 saturated carbocycles. The summed E-state index contributed by atoms with van der Waals surface area (Å²) in [5, 5.41) is 26.1. The Kier molecular flexibility index (Phi) is 8.94. The van der Waals surface area contributed by atoms with Gasteiger partial charge in [-0.1, -0.05) is 26.0 Å². The van der Waals surface area contributed by atoms with Crippen LogP contribution in [0.5, 0.6) is 5.75 Å². The number of aliphatic carboxylic acids is 1. The summed E-state index contributed by atoms with van der Waals surface area (Å²) in [7, 11) is 0. The highest BCUT2D eigenvalue weighted by Crippen LogP contribution is 2.12. The molecule has 1 aromatic rings. The minimum atomic E-state index is -1.21. The number of aromatic hydroxyl groups is 1. The van der Waals surface area contributed by atoms with Crippen LogP contribution in [0.2, 0.25) is 0 Å². The first-order valence-electron chi connectivity index (χ1n) is 8.93. The molecule has 1 aromatic carbocycles. The number of hydrogen-bond acceptors (Lipinski definition) is 5. The van der Waals surface area contributed by atoms with Gasteiger partial charge in [0.2, 0.25) is 17.7 Å². The minimum absolute atomic E-state index is 0.0234. The lowest BCUT2D eigenvalue weighted by Crippen LogP contribution is -2.53. The van der Waals surface area contributed by atoms with Crippen molar-refractivity contribution in [3.63, 3.8) is 0 Å². The van der Waals surface area contributed by atoms with Crippen molar-refractivity contribution in [1.82, 2.24) is 16.0 Å². The largest absolute Gasteiger partial charge is 0.508 e. The second-order valence-corrected chi connectivity index (χ2v) is 6.93. The van der Waals surface area contributed by atoms with E-state index in [9.17, 15) is 29.4 Å². The van der Waals surface area contributed by atoms with Gasteiger partial charge in [-0.3, -0.25) is 14.4 Å². The van der Waals surface area contributed by atoms with E-state index in [1.54, 1.807) is 12.1 Å². The molecule has 1 rings (SSSR count). The molecular formula is C19H27N3O6. The van der Waals surface area contributed by atoms with Crippen molar-refractivity contribution >= 4 is 23.7 Å². The van der Waals surface area contributed by atoms with Gasteiger partial charge in [-0.05, 0) is 30.0 Å². The molecule has 0 aliphatic carbocycles. The number of phenols is 1. The third-order valence-electron chi connectivity index (χ3n) is 3.85. The van der Waals surface area contributed by atoms with Gasteiger partial charge in [0.25, 0.3) is 0 Å². The molecule has 5 N–H and O–H groups in total.